The second-order valence-corrected chi connectivity index (χ2v) is 6.21. The third-order valence-corrected chi connectivity index (χ3v) is 4.16. The van der Waals surface area contributed by atoms with Crippen LogP contribution in [0.25, 0.3) is 0 Å². The molecule has 0 amide bonds. The van der Waals surface area contributed by atoms with E-state index in [4.69, 9.17) is 0 Å². The predicted molar refractivity (Wildman–Crippen MR) is 68.3 cm³/mol. The number of aliphatic hydroxyl groups is 1. The molecule has 0 aliphatic rings. The zero-order valence-electron chi connectivity index (χ0n) is 10.4. The van der Waals surface area contributed by atoms with Crippen LogP contribution in [0.4, 0.5) is 0 Å². The molecular formula is C12H19NO3S. The maximum atomic E-state index is 11.2. The van der Waals surface area contributed by atoms with Crippen LogP contribution < -0.4 is 4.72 Å². The van der Waals surface area contributed by atoms with Crippen LogP contribution in [0.1, 0.15) is 29.7 Å². The highest BCUT2D eigenvalue weighted by Gasteiger charge is 2.12. The van der Waals surface area contributed by atoms with Gasteiger partial charge in [0.1, 0.15) is 0 Å². The molecule has 5 heteroatoms. The number of aliphatic hydroxyl groups excluding tert-OH is 1. The van der Waals surface area contributed by atoms with Crippen molar-refractivity contribution >= 4 is 10.0 Å². The molecule has 0 bridgehead atoms. The molecule has 2 N–H and O–H groups in total. The van der Waals surface area contributed by atoms with Gasteiger partial charge in [-0.05, 0) is 37.5 Å². The number of benzene rings is 1. The van der Waals surface area contributed by atoms with Crippen LogP contribution in [0.2, 0.25) is 0 Å². The quantitative estimate of drug-likeness (QED) is 0.835. The fraction of sp³-hybridized carbons (Fsp3) is 0.500. The molecule has 96 valence electrons. The van der Waals surface area contributed by atoms with Crippen LogP contribution in [0.5, 0.6) is 0 Å². The average Bonchev–Trinajstić information content (AvgIpc) is 2.30. The highest BCUT2D eigenvalue weighted by Crippen LogP contribution is 2.16. The second kappa shape index (κ2) is 5.62. The summed E-state index contributed by atoms with van der Waals surface area (Å²) in [6, 6.07) is 5.61. The van der Waals surface area contributed by atoms with Gasteiger partial charge in [-0.2, -0.15) is 0 Å². The maximum Gasteiger partial charge on any atom is 0.211 e. The fourth-order valence-corrected chi connectivity index (χ4v) is 2.01. The molecule has 1 atom stereocenters. The van der Waals surface area contributed by atoms with E-state index in [2.05, 4.69) is 4.72 Å². The molecule has 4 nitrogen and oxygen atoms in total. The fourth-order valence-electron chi connectivity index (χ4n) is 1.40. The minimum absolute atomic E-state index is 0.0126. The van der Waals surface area contributed by atoms with E-state index < -0.39 is 16.1 Å². The van der Waals surface area contributed by atoms with Gasteiger partial charge in [-0.1, -0.05) is 18.2 Å². The van der Waals surface area contributed by atoms with Gasteiger partial charge in [-0.25, -0.2) is 13.1 Å². The molecule has 0 fully saturated rings. The molecule has 1 aromatic rings. The van der Waals surface area contributed by atoms with E-state index in [1.54, 1.807) is 6.92 Å². The van der Waals surface area contributed by atoms with Crippen LogP contribution >= 0.6 is 0 Å². The lowest BCUT2D eigenvalue weighted by Gasteiger charge is -2.13. The first-order valence-electron chi connectivity index (χ1n) is 5.58. The number of hydrogen-bond acceptors (Lipinski definition) is 3. The van der Waals surface area contributed by atoms with Gasteiger partial charge in [0, 0.05) is 6.54 Å². The Bertz CT molecular complexity index is 483. The van der Waals surface area contributed by atoms with Crippen LogP contribution in [0, 0.1) is 13.8 Å². The third kappa shape index (κ3) is 4.11. The molecule has 17 heavy (non-hydrogen) atoms. The molecule has 1 unspecified atom stereocenters. The van der Waals surface area contributed by atoms with Crippen molar-refractivity contribution in [1.29, 1.82) is 0 Å². The van der Waals surface area contributed by atoms with Crippen molar-refractivity contribution in [3.05, 3.63) is 34.9 Å². The number of hydrogen-bond donors (Lipinski definition) is 2. The lowest BCUT2D eigenvalue weighted by atomic mass is 10.0. The largest absolute Gasteiger partial charge is 0.387 e. The molecule has 1 rings (SSSR count). The zero-order valence-corrected chi connectivity index (χ0v) is 11.2. The Morgan fingerprint density at radius 1 is 1.29 bits per heavy atom. The molecule has 0 aliphatic heterocycles. The van der Waals surface area contributed by atoms with Crippen LogP contribution in [-0.2, 0) is 10.0 Å². The normalized spacial score (nSPS) is 13.6. The standard InChI is InChI=1S/C12H19NO3S/c1-4-17(15,16)13-8-12(14)11-6-5-9(2)10(3)7-11/h5-7,12-14H,4,8H2,1-3H3. The summed E-state index contributed by atoms with van der Waals surface area (Å²) in [5, 5.41) is 9.87. The summed E-state index contributed by atoms with van der Waals surface area (Å²) in [7, 11) is -3.25. The molecule has 1 aromatic carbocycles. The van der Waals surface area contributed by atoms with Gasteiger partial charge in [-0.15, -0.1) is 0 Å². The molecule has 0 heterocycles. The molecule has 0 aromatic heterocycles. The summed E-state index contributed by atoms with van der Waals surface area (Å²) < 4.78 is 24.8. The van der Waals surface area contributed by atoms with Crippen molar-refractivity contribution in [2.24, 2.45) is 0 Å². The Labute approximate surface area is 103 Å². The molecule has 0 radical (unpaired) electrons. The summed E-state index contributed by atoms with van der Waals surface area (Å²) in [5.74, 6) is 0.0205. The monoisotopic (exact) mass is 257 g/mol. The second-order valence-electron chi connectivity index (χ2n) is 4.11. The Morgan fingerprint density at radius 2 is 1.94 bits per heavy atom. The molecule has 0 spiro atoms. The van der Waals surface area contributed by atoms with E-state index in [-0.39, 0.29) is 12.3 Å². The van der Waals surface area contributed by atoms with Crippen molar-refractivity contribution in [1.82, 2.24) is 4.72 Å². The van der Waals surface area contributed by atoms with E-state index >= 15 is 0 Å². The lowest BCUT2D eigenvalue weighted by Crippen LogP contribution is -2.29. The first-order valence-corrected chi connectivity index (χ1v) is 7.23. The molecule has 0 saturated carbocycles. The topological polar surface area (TPSA) is 66.4 Å². The molecule has 0 aliphatic carbocycles. The van der Waals surface area contributed by atoms with Crippen LogP contribution in [-0.4, -0.2) is 25.8 Å². The minimum Gasteiger partial charge on any atom is -0.387 e. The van der Waals surface area contributed by atoms with Crippen molar-refractivity contribution in [3.63, 3.8) is 0 Å². The van der Waals surface area contributed by atoms with Gasteiger partial charge < -0.3 is 5.11 Å². The predicted octanol–water partition coefficient (Wildman–Crippen LogP) is 1.28. The van der Waals surface area contributed by atoms with E-state index in [0.29, 0.717) is 0 Å². The van der Waals surface area contributed by atoms with Crippen molar-refractivity contribution in [2.75, 3.05) is 12.3 Å². The Kier molecular flexibility index (Phi) is 4.68. The van der Waals surface area contributed by atoms with Crippen molar-refractivity contribution < 1.29 is 13.5 Å². The van der Waals surface area contributed by atoms with E-state index in [0.717, 1.165) is 16.7 Å². The Balaban J connectivity index is 2.70. The smallest absolute Gasteiger partial charge is 0.211 e. The van der Waals surface area contributed by atoms with E-state index in [9.17, 15) is 13.5 Å². The summed E-state index contributed by atoms with van der Waals surface area (Å²) in [6.45, 7) is 5.52. The SMILES string of the molecule is CCS(=O)(=O)NCC(O)c1ccc(C)c(C)c1. The highest BCUT2D eigenvalue weighted by molar-refractivity contribution is 7.89. The minimum atomic E-state index is -3.25. The maximum absolute atomic E-state index is 11.2. The summed E-state index contributed by atoms with van der Waals surface area (Å²) >= 11 is 0. The molecule has 0 saturated heterocycles. The van der Waals surface area contributed by atoms with Gasteiger partial charge in [0.2, 0.25) is 10.0 Å². The van der Waals surface area contributed by atoms with Crippen molar-refractivity contribution in [2.45, 2.75) is 26.9 Å². The number of rotatable bonds is 5. The summed E-state index contributed by atoms with van der Waals surface area (Å²) in [6.07, 6.45) is -0.810. The van der Waals surface area contributed by atoms with Crippen LogP contribution in [0.3, 0.4) is 0 Å². The van der Waals surface area contributed by atoms with Gasteiger partial charge in [0.05, 0.1) is 11.9 Å². The van der Waals surface area contributed by atoms with Crippen molar-refractivity contribution in [3.8, 4) is 0 Å². The van der Waals surface area contributed by atoms with Gasteiger partial charge in [0.25, 0.3) is 0 Å². The van der Waals surface area contributed by atoms with Gasteiger partial charge in [-0.3, -0.25) is 0 Å². The highest BCUT2D eigenvalue weighted by atomic mass is 32.2. The molecular weight excluding hydrogens is 238 g/mol. The Morgan fingerprint density at radius 3 is 2.47 bits per heavy atom. The number of aryl methyl sites for hydroxylation is 2. The summed E-state index contributed by atoms with van der Waals surface area (Å²) in [5.41, 5.74) is 2.96. The Hall–Kier alpha value is -0.910. The number of sulfonamides is 1. The average molecular weight is 257 g/mol. The van der Waals surface area contributed by atoms with E-state index in [1.807, 2.05) is 32.0 Å². The lowest BCUT2D eigenvalue weighted by molar-refractivity contribution is 0.182. The van der Waals surface area contributed by atoms with Gasteiger partial charge >= 0.3 is 0 Å². The van der Waals surface area contributed by atoms with Crippen LogP contribution in [0.15, 0.2) is 18.2 Å². The van der Waals surface area contributed by atoms with Gasteiger partial charge in [0.15, 0.2) is 0 Å². The first kappa shape index (κ1) is 14.2. The third-order valence-electron chi connectivity index (χ3n) is 2.79. The zero-order chi connectivity index (χ0) is 13.1. The van der Waals surface area contributed by atoms with E-state index in [1.165, 1.54) is 0 Å². The first-order chi connectivity index (χ1) is 7.85. The number of nitrogens with one attached hydrogen (secondary N) is 1. The summed E-state index contributed by atoms with van der Waals surface area (Å²) in [4.78, 5) is 0.